The van der Waals surface area contributed by atoms with Gasteiger partial charge in [0.2, 0.25) is 10.0 Å². The summed E-state index contributed by atoms with van der Waals surface area (Å²) in [6, 6.07) is 11.5. The van der Waals surface area contributed by atoms with Gasteiger partial charge in [0, 0.05) is 11.6 Å². The molecular weight excluding hydrogens is 338 g/mol. The Morgan fingerprint density at radius 3 is 2.43 bits per heavy atom. The highest BCUT2D eigenvalue weighted by Gasteiger charge is 2.13. The van der Waals surface area contributed by atoms with Crippen LogP contribution in [0.5, 0.6) is 11.5 Å². The molecule has 0 atom stereocenters. The standard InChI is InChI=1S/C16H18ClNO4S/c1-12-3-8-15(16(11-12)21-2)22-10-9-18-23(19,20)14-6-4-13(17)5-7-14/h3-8,11,18H,9-10H2,1-2H3. The van der Waals surface area contributed by atoms with E-state index in [1.807, 2.05) is 19.1 Å². The van der Waals surface area contributed by atoms with E-state index in [-0.39, 0.29) is 18.0 Å². The number of halogens is 1. The van der Waals surface area contributed by atoms with Crippen molar-refractivity contribution >= 4 is 21.6 Å². The van der Waals surface area contributed by atoms with E-state index < -0.39 is 10.0 Å². The van der Waals surface area contributed by atoms with Crippen LogP contribution in [0.25, 0.3) is 0 Å². The summed E-state index contributed by atoms with van der Waals surface area (Å²) in [5.74, 6) is 1.19. The van der Waals surface area contributed by atoms with Crippen LogP contribution in [-0.2, 0) is 10.0 Å². The van der Waals surface area contributed by atoms with Crippen molar-refractivity contribution in [1.82, 2.24) is 4.72 Å². The Labute approximate surface area is 141 Å². The quantitative estimate of drug-likeness (QED) is 0.775. The second kappa shape index (κ2) is 7.68. The van der Waals surface area contributed by atoms with Gasteiger partial charge in [-0.3, -0.25) is 0 Å². The predicted molar refractivity (Wildman–Crippen MR) is 89.9 cm³/mol. The van der Waals surface area contributed by atoms with Gasteiger partial charge in [-0.15, -0.1) is 0 Å². The topological polar surface area (TPSA) is 64.6 Å². The number of ether oxygens (including phenoxy) is 2. The third kappa shape index (κ3) is 4.86. The van der Waals surface area contributed by atoms with Crippen molar-refractivity contribution in [3.8, 4) is 11.5 Å². The summed E-state index contributed by atoms with van der Waals surface area (Å²) in [6.07, 6.45) is 0. The van der Waals surface area contributed by atoms with Crippen molar-refractivity contribution in [1.29, 1.82) is 0 Å². The summed E-state index contributed by atoms with van der Waals surface area (Å²) in [4.78, 5) is 0.162. The van der Waals surface area contributed by atoms with Crippen LogP contribution in [0, 0.1) is 6.92 Å². The molecule has 5 nitrogen and oxygen atoms in total. The van der Waals surface area contributed by atoms with Gasteiger partial charge in [-0.2, -0.15) is 0 Å². The summed E-state index contributed by atoms with van der Waals surface area (Å²) < 4.78 is 37.4. The Balaban J connectivity index is 1.91. The van der Waals surface area contributed by atoms with E-state index in [0.717, 1.165) is 5.56 Å². The third-order valence-electron chi connectivity index (χ3n) is 3.09. The molecule has 23 heavy (non-hydrogen) atoms. The lowest BCUT2D eigenvalue weighted by Gasteiger charge is -2.12. The minimum atomic E-state index is -3.57. The highest BCUT2D eigenvalue weighted by atomic mass is 35.5. The van der Waals surface area contributed by atoms with Crippen LogP contribution in [0.1, 0.15) is 5.56 Å². The molecule has 0 heterocycles. The number of aryl methyl sites for hydroxylation is 1. The zero-order chi connectivity index (χ0) is 16.9. The highest BCUT2D eigenvalue weighted by molar-refractivity contribution is 7.89. The van der Waals surface area contributed by atoms with Crippen molar-refractivity contribution in [2.75, 3.05) is 20.3 Å². The first-order valence-corrected chi connectivity index (χ1v) is 8.81. The van der Waals surface area contributed by atoms with Gasteiger partial charge in [-0.1, -0.05) is 17.7 Å². The molecule has 0 unspecified atom stereocenters. The maximum Gasteiger partial charge on any atom is 0.240 e. The number of sulfonamides is 1. The first-order valence-electron chi connectivity index (χ1n) is 6.95. The van der Waals surface area contributed by atoms with Gasteiger partial charge in [0.15, 0.2) is 11.5 Å². The van der Waals surface area contributed by atoms with Crippen LogP contribution in [0.3, 0.4) is 0 Å². The molecule has 2 rings (SSSR count). The summed E-state index contributed by atoms with van der Waals surface area (Å²) >= 11 is 5.75. The molecule has 124 valence electrons. The van der Waals surface area contributed by atoms with Crippen LogP contribution in [-0.4, -0.2) is 28.7 Å². The second-order valence-electron chi connectivity index (χ2n) is 4.85. The number of rotatable bonds is 7. The summed E-state index contributed by atoms with van der Waals surface area (Å²) in [6.45, 7) is 2.28. The Hall–Kier alpha value is -1.76. The van der Waals surface area contributed by atoms with Crippen molar-refractivity contribution in [2.45, 2.75) is 11.8 Å². The molecule has 0 fully saturated rings. The van der Waals surface area contributed by atoms with E-state index in [1.54, 1.807) is 13.2 Å². The van der Waals surface area contributed by atoms with Gasteiger partial charge in [0.05, 0.1) is 12.0 Å². The van der Waals surface area contributed by atoms with Gasteiger partial charge < -0.3 is 9.47 Å². The normalized spacial score (nSPS) is 11.3. The van der Waals surface area contributed by atoms with Crippen molar-refractivity contribution in [3.63, 3.8) is 0 Å². The second-order valence-corrected chi connectivity index (χ2v) is 7.06. The largest absolute Gasteiger partial charge is 0.493 e. The minimum Gasteiger partial charge on any atom is -0.493 e. The van der Waals surface area contributed by atoms with Gasteiger partial charge >= 0.3 is 0 Å². The number of hydrogen-bond donors (Lipinski definition) is 1. The molecule has 2 aromatic rings. The Morgan fingerprint density at radius 2 is 1.78 bits per heavy atom. The zero-order valence-corrected chi connectivity index (χ0v) is 14.4. The molecular formula is C16H18ClNO4S. The number of hydrogen-bond acceptors (Lipinski definition) is 4. The van der Waals surface area contributed by atoms with Crippen molar-refractivity contribution in [3.05, 3.63) is 53.1 Å². The smallest absolute Gasteiger partial charge is 0.240 e. The third-order valence-corrected chi connectivity index (χ3v) is 4.82. The first kappa shape index (κ1) is 17.6. The monoisotopic (exact) mass is 355 g/mol. The fraction of sp³-hybridized carbons (Fsp3) is 0.250. The molecule has 0 saturated heterocycles. The number of methoxy groups -OCH3 is 1. The minimum absolute atomic E-state index is 0.141. The van der Waals surface area contributed by atoms with E-state index in [4.69, 9.17) is 21.1 Å². The molecule has 0 bridgehead atoms. The average Bonchev–Trinajstić information content (AvgIpc) is 2.53. The lowest BCUT2D eigenvalue weighted by Crippen LogP contribution is -2.28. The molecule has 0 radical (unpaired) electrons. The van der Waals surface area contributed by atoms with Crippen LogP contribution in [0.2, 0.25) is 5.02 Å². The lowest BCUT2D eigenvalue weighted by molar-refractivity contribution is 0.298. The van der Waals surface area contributed by atoms with E-state index in [1.165, 1.54) is 24.3 Å². The molecule has 0 saturated carbocycles. The van der Waals surface area contributed by atoms with Crippen LogP contribution >= 0.6 is 11.6 Å². The first-order chi connectivity index (χ1) is 10.9. The molecule has 0 aliphatic heterocycles. The van der Waals surface area contributed by atoms with E-state index in [0.29, 0.717) is 16.5 Å². The van der Waals surface area contributed by atoms with Gasteiger partial charge in [0.1, 0.15) is 6.61 Å². The van der Waals surface area contributed by atoms with Crippen LogP contribution < -0.4 is 14.2 Å². The van der Waals surface area contributed by atoms with E-state index in [9.17, 15) is 8.42 Å². The molecule has 0 spiro atoms. The van der Waals surface area contributed by atoms with Gasteiger partial charge in [-0.25, -0.2) is 13.1 Å². The summed E-state index contributed by atoms with van der Waals surface area (Å²) in [5, 5.41) is 0.485. The summed E-state index contributed by atoms with van der Waals surface area (Å²) in [5.41, 5.74) is 1.05. The maximum absolute atomic E-state index is 12.1. The Bertz CT molecular complexity index is 760. The number of benzene rings is 2. The molecule has 0 aromatic heterocycles. The SMILES string of the molecule is COc1cc(C)ccc1OCCNS(=O)(=O)c1ccc(Cl)cc1. The fourth-order valence-corrected chi connectivity index (χ4v) is 3.07. The molecule has 0 amide bonds. The molecule has 0 aliphatic carbocycles. The van der Waals surface area contributed by atoms with Crippen LogP contribution in [0.15, 0.2) is 47.4 Å². The predicted octanol–water partition coefficient (Wildman–Crippen LogP) is 3.01. The Morgan fingerprint density at radius 1 is 1.09 bits per heavy atom. The van der Waals surface area contributed by atoms with Crippen molar-refractivity contribution in [2.24, 2.45) is 0 Å². The Kier molecular flexibility index (Phi) is 5.87. The zero-order valence-electron chi connectivity index (χ0n) is 12.9. The molecule has 0 aliphatic rings. The van der Waals surface area contributed by atoms with Gasteiger partial charge in [-0.05, 0) is 48.9 Å². The molecule has 1 N–H and O–H groups in total. The summed E-state index contributed by atoms with van der Waals surface area (Å²) in [7, 11) is -2.01. The molecule has 7 heteroatoms. The maximum atomic E-state index is 12.1. The van der Waals surface area contributed by atoms with Crippen molar-refractivity contribution < 1.29 is 17.9 Å². The highest BCUT2D eigenvalue weighted by Crippen LogP contribution is 2.27. The van der Waals surface area contributed by atoms with E-state index >= 15 is 0 Å². The molecule has 2 aromatic carbocycles. The van der Waals surface area contributed by atoms with Crippen LogP contribution in [0.4, 0.5) is 0 Å². The average molecular weight is 356 g/mol. The van der Waals surface area contributed by atoms with E-state index in [2.05, 4.69) is 4.72 Å². The fourth-order valence-electron chi connectivity index (χ4n) is 1.93. The number of nitrogens with one attached hydrogen (secondary N) is 1. The lowest BCUT2D eigenvalue weighted by atomic mass is 10.2. The van der Waals surface area contributed by atoms with Gasteiger partial charge in [0.25, 0.3) is 0 Å².